The number of carbonyl (C=O) groups excluding carboxylic acids is 1. The first kappa shape index (κ1) is 24.1. The number of aryl methyl sites for hydroxylation is 1. The average Bonchev–Trinajstić information content (AvgIpc) is 2.85. The molecule has 11 heteroatoms. The molecule has 4 rings (SSSR count). The SMILES string of the molecule is Cc1ccc(S(=O)(=O)Nc2ccc(F)cc2)cc1C(=O)N1CCN(c2ccccc2[N+](=O)[O-])CC1. The van der Waals surface area contributed by atoms with Crippen molar-refractivity contribution in [3.8, 4) is 0 Å². The van der Waals surface area contributed by atoms with Crippen LogP contribution >= 0.6 is 0 Å². The van der Waals surface area contributed by atoms with E-state index in [9.17, 15) is 27.7 Å². The maximum Gasteiger partial charge on any atom is 0.292 e. The van der Waals surface area contributed by atoms with Crippen molar-refractivity contribution in [2.45, 2.75) is 11.8 Å². The second-order valence-electron chi connectivity index (χ2n) is 8.11. The van der Waals surface area contributed by atoms with Gasteiger partial charge in [0.1, 0.15) is 11.5 Å². The van der Waals surface area contributed by atoms with Crippen LogP contribution in [0, 0.1) is 22.9 Å². The third-order valence-electron chi connectivity index (χ3n) is 5.83. The van der Waals surface area contributed by atoms with Gasteiger partial charge in [0.2, 0.25) is 0 Å². The molecule has 0 aromatic heterocycles. The Morgan fingerprint density at radius 3 is 2.31 bits per heavy atom. The summed E-state index contributed by atoms with van der Waals surface area (Å²) in [6, 6.07) is 15.7. The molecule has 0 radical (unpaired) electrons. The summed E-state index contributed by atoms with van der Waals surface area (Å²) in [4.78, 5) is 27.6. The van der Waals surface area contributed by atoms with E-state index in [2.05, 4.69) is 4.72 Å². The smallest absolute Gasteiger partial charge is 0.292 e. The molecule has 3 aromatic rings. The Bertz CT molecular complexity index is 1370. The number of halogens is 1. The van der Waals surface area contributed by atoms with Gasteiger partial charge >= 0.3 is 0 Å². The number of sulfonamides is 1. The Balaban J connectivity index is 1.50. The van der Waals surface area contributed by atoms with Crippen LogP contribution in [0.3, 0.4) is 0 Å². The minimum Gasteiger partial charge on any atom is -0.362 e. The van der Waals surface area contributed by atoms with Crippen LogP contribution in [0.2, 0.25) is 0 Å². The number of rotatable bonds is 6. The molecule has 1 saturated heterocycles. The van der Waals surface area contributed by atoms with Gasteiger partial charge in [0, 0.05) is 43.5 Å². The van der Waals surface area contributed by atoms with Crippen molar-refractivity contribution in [3.63, 3.8) is 0 Å². The van der Waals surface area contributed by atoms with E-state index in [1.54, 1.807) is 36.1 Å². The highest BCUT2D eigenvalue weighted by molar-refractivity contribution is 7.92. The van der Waals surface area contributed by atoms with Crippen LogP contribution in [0.5, 0.6) is 0 Å². The van der Waals surface area contributed by atoms with E-state index in [1.807, 2.05) is 4.90 Å². The van der Waals surface area contributed by atoms with Gasteiger partial charge in [-0.25, -0.2) is 12.8 Å². The molecule has 1 amide bonds. The zero-order valence-corrected chi connectivity index (χ0v) is 19.7. The highest BCUT2D eigenvalue weighted by Crippen LogP contribution is 2.29. The maximum atomic E-state index is 13.3. The first-order valence-electron chi connectivity index (χ1n) is 10.8. The Kier molecular flexibility index (Phi) is 6.70. The second kappa shape index (κ2) is 9.71. The number of piperazine rings is 1. The summed E-state index contributed by atoms with van der Waals surface area (Å²) >= 11 is 0. The van der Waals surface area contributed by atoms with Crippen molar-refractivity contribution in [3.05, 3.63) is 93.8 Å². The molecule has 1 aliphatic rings. The fourth-order valence-electron chi connectivity index (χ4n) is 3.94. The van der Waals surface area contributed by atoms with Crippen LogP contribution in [0.15, 0.2) is 71.6 Å². The van der Waals surface area contributed by atoms with Gasteiger partial charge in [0.25, 0.3) is 21.6 Å². The number of anilines is 2. The summed E-state index contributed by atoms with van der Waals surface area (Å²) in [7, 11) is -4.00. The molecule has 0 aliphatic carbocycles. The minimum absolute atomic E-state index is 0.00897. The molecular formula is C24H23FN4O5S. The van der Waals surface area contributed by atoms with Crippen LogP contribution in [-0.2, 0) is 10.0 Å². The Labute approximate surface area is 202 Å². The molecule has 0 bridgehead atoms. The molecular weight excluding hydrogens is 475 g/mol. The number of nitrogens with one attached hydrogen (secondary N) is 1. The fourth-order valence-corrected chi connectivity index (χ4v) is 5.02. The standard InChI is InChI=1S/C24H23FN4O5S/c1-17-6-11-20(35(33,34)26-19-9-7-18(25)8-10-19)16-21(17)24(30)28-14-12-27(13-15-28)22-4-2-3-5-23(22)29(31)32/h2-11,16,26H,12-15H2,1H3. The largest absolute Gasteiger partial charge is 0.362 e. The molecule has 35 heavy (non-hydrogen) atoms. The number of nitrogens with zero attached hydrogens (tertiary/aromatic N) is 3. The number of amides is 1. The maximum absolute atomic E-state index is 13.3. The molecule has 3 aromatic carbocycles. The topological polar surface area (TPSA) is 113 Å². The van der Waals surface area contributed by atoms with E-state index in [-0.39, 0.29) is 27.7 Å². The van der Waals surface area contributed by atoms with E-state index >= 15 is 0 Å². The van der Waals surface area contributed by atoms with Gasteiger partial charge in [-0.3, -0.25) is 19.6 Å². The lowest BCUT2D eigenvalue weighted by molar-refractivity contribution is -0.384. The minimum atomic E-state index is -4.00. The Morgan fingerprint density at radius 2 is 1.66 bits per heavy atom. The summed E-state index contributed by atoms with van der Waals surface area (Å²) in [5.74, 6) is -0.804. The first-order valence-corrected chi connectivity index (χ1v) is 12.3. The van der Waals surface area contributed by atoms with Crippen LogP contribution < -0.4 is 9.62 Å². The van der Waals surface area contributed by atoms with Gasteiger partial charge in [-0.05, 0) is 55.0 Å². The normalized spacial score (nSPS) is 14.0. The highest BCUT2D eigenvalue weighted by atomic mass is 32.2. The summed E-state index contributed by atoms with van der Waals surface area (Å²) in [6.07, 6.45) is 0. The summed E-state index contributed by atoms with van der Waals surface area (Å²) in [6.45, 7) is 3.18. The average molecular weight is 499 g/mol. The highest BCUT2D eigenvalue weighted by Gasteiger charge is 2.27. The zero-order chi connectivity index (χ0) is 25.2. The molecule has 0 unspecified atom stereocenters. The first-order chi connectivity index (χ1) is 16.7. The molecule has 1 fully saturated rings. The van der Waals surface area contributed by atoms with Gasteiger partial charge in [-0.2, -0.15) is 0 Å². The number of hydrogen-bond acceptors (Lipinski definition) is 6. The lowest BCUT2D eigenvalue weighted by Crippen LogP contribution is -2.49. The van der Waals surface area contributed by atoms with E-state index in [0.29, 0.717) is 37.4 Å². The van der Waals surface area contributed by atoms with Crippen molar-refractivity contribution in [2.24, 2.45) is 0 Å². The van der Waals surface area contributed by atoms with Gasteiger partial charge in [-0.1, -0.05) is 18.2 Å². The molecule has 9 nitrogen and oxygen atoms in total. The van der Waals surface area contributed by atoms with Crippen LogP contribution in [0.1, 0.15) is 15.9 Å². The van der Waals surface area contributed by atoms with E-state index in [4.69, 9.17) is 0 Å². The van der Waals surface area contributed by atoms with Gasteiger partial charge < -0.3 is 9.80 Å². The quantitative estimate of drug-likeness (QED) is 0.409. The predicted octanol–water partition coefficient (Wildman–Crippen LogP) is 3.81. The number of nitro groups is 1. The molecule has 0 saturated carbocycles. The summed E-state index contributed by atoms with van der Waals surface area (Å²) in [5, 5.41) is 11.3. The molecule has 1 heterocycles. The van der Waals surface area contributed by atoms with Crippen molar-refractivity contribution in [1.29, 1.82) is 0 Å². The molecule has 1 aliphatic heterocycles. The third-order valence-corrected chi connectivity index (χ3v) is 7.21. The lowest BCUT2D eigenvalue weighted by atomic mass is 10.1. The van der Waals surface area contributed by atoms with Crippen LogP contribution in [0.4, 0.5) is 21.5 Å². The number of hydrogen-bond donors (Lipinski definition) is 1. The van der Waals surface area contributed by atoms with Crippen molar-refractivity contribution < 1.29 is 22.5 Å². The van der Waals surface area contributed by atoms with Gasteiger partial charge in [0.15, 0.2) is 0 Å². The number of benzene rings is 3. The summed E-state index contributed by atoms with van der Waals surface area (Å²) < 4.78 is 41.2. The fraction of sp³-hybridized carbons (Fsp3) is 0.208. The van der Waals surface area contributed by atoms with Crippen molar-refractivity contribution in [2.75, 3.05) is 35.8 Å². The molecule has 0 spiro atoms. The van der Waals surface area contributed by atoms with Crippen molar-refractivity contribution in [1.82, 2.24) is 4.90 Å². The molecule has 1 N–H and O–H groups in total. The molecule has 0 atom stereocenters. The zero-order valence-electron chi connectivity index (χ0n) is 18.8. The van der Waals surface area contributed by atoms with E-state index < -0.39 is 20.8 Å². The number of para-hydroxylation sites is 2. The predicted molar refractivity (Wildman–Crippen MR) is 130 cm³/mol. The van der Waals surface area contributed by atoms with Gasteiger partial charge in [-0.15, -0.1) is 0 Å². The van der Waals surface area contributed by atoms with Gasteiger partial charge in [0.05, 0.1) is 9.82 Å². The van der Waals surface area contributed by atoms with Crippen LogP contribution in [0.25, 0.3) is 0 Å². The molecule has 182 valence electrons. The summed E-state index contributed by atoms with van der Waals surface area (Å²) in [5.41, 5.74) is 1.59. The Hall–Kier alpha value is -3.99. The number of carbonyl (C=O) groups is 1. The van der Waals surface area contributed by atoms with E-state index in [0.717, 1.165) is 12.1 Å². The van der Waals surface area contributed by atoms with Crippen LogP contribution in [-0.4, -0.2) is 50.3 Å². The lowest BCUT2D eigenvalue weighted by Gasteiger charge is -2.36. The Morgan fingerprint density at radius 1 is 1.00 bits per heavy atom. The second-order valence-corrected chi connectivity index (χ2v) is 9.80. The third kappa shape index (κ3) is 5.24. The number of nitro benzene ring substituents is 1. The van der Waals surface area contributed by atoms with E-state index in [1.165, 1.54) is 30.3 Å². The van der Waals surface area contributed by atoms with Crippen molar-refractivity contribution >= 4 is 33.0 Å². The monoisotopic (exact) mass is 498 g/mol.